The highest BCUT2D eigenvalue weighted by atomic mass is 16.5. The van der Waals surface area contributed by atoms with Crippen molar-refractivity contribution in [2.45, 2.75) is 321 Å². The van der Waals surface area contributed by atoms with Crippen LogP contribution in [0, 0.1) is 0 Å². The fourth-order valence-corrected chi connectivity index (χ4v) is 8.75. The topological polar surface area (TPSA) is 95.9 Å². The van der Waals surface area contributed by atoms with Gasteiger partial charge in [-0.05, 0) is 32.1 Å². The summed E-state index contributed by atoms with van der Waals surface area (Å²) in [5.74, 6) is -0.0718. The number of aliphatic hydroxyl groups is 2. The predicted octanol–water partition coefficient (Wildman–Crippen LogP) is 16.9. The van der Waals surface area contributed by atoms with Crippen LogP contribution in [0.3, 0.4) is 0 Å². The van der Waals surface area contributed by atoms with Crippen molar-refractivity contribution in [2.75, 3.05) is 13.2 Å². The van der Waals surface area contributed by atoms with Gasteiger partial charge in [-0.2, -0.15) is 0 Å². The normalized spacial score (nSPS) is 12.6. The number of aliphatic hydroxyl groups excluding tert-OH is 2. The van der Waals surface area contributed by atoms with E-state index in [0.717, 1.165) is 44.9 Å². The molecule has 0 saturated heterocycles. The van der Waals surface area contributed by atoms with Crippen molar-refractivity contribution >= 4 is 11.9 Å². The van der Waals surface area contributed by atoms with Crippen LogP contribution in [0.4, 0.5) is 0 Å². The third kappa shape index (κ3) is 48.1. The van der Waals surface area contributed by atoms with Gasteiger partial charge in [0, 0.05) is 12.8 Å². The van der Waals surface area contributed by atoms with Gasteiger partial charge >= 0.3 is 5.97 Å². The van der Waals surface area contributed by atoms with E-state index in [0.29, 0.717) is 19.4 Å². The van der Waals surface area contributed by atoms with Crippen molar-refractivity contribution in [3.63, 3.8) is 0 Å². The van der Waals surface area contributed by atoms with Gasteiger partial charge in [0.1, 0.15) is 0 Å². The number of hydrogen-bond acceptors (Lipinski definition) is 5. The molecular formula is C56H109NO5. The number of carbonyl (C=O) groups is 2. The second kappa shape index (κ2) is 52.2. The Bertz CT molecular complexity index is 924. The highest BCUT2D eigenvalue weighted by Gasteiger charge is 2.18. The van der Waals surface area contributed by atoms with Crippen molar-refractivity contribution < 1.29 is 24.5 Å². The molecule has 0 rings (SSSR count). The molecule has 2 unspecified atom stereocenters. The minimum Gasteiger partial charge on any atom is -0.466 e. The summed E-state index contributed by atoms with van der Waals surface area (Å²) in [6.45, 7) is 4.90. The van der Waals surface area contributed by atoms with Crippen molar-refractivity contribution in [1.82, 2.24) is 5.32 Å². The number of allylic oxidation sites excluding steroid dienone is 1. The van der Waals surface area contributed by atoms with Crippen LogP contribution >= 0.6 is 0 Å². The maximum absolute atomic E-state index is 12.4. The quantitative estimate of drug-likeness (QED) is 0.0321. The van der Waals surface area contributed by atoms with Gasteiger partial charge in [-0.1, -0.05) is 276 Å². The van der Waals surface area contributed by atoms with Crippen molar-refractivity contribution in [3.05, 3.63) is 12.2 Å². The Morgan fingerprint density at radius 2 is 0.742 bits per heavy atom. The number of ether oxygens (including phenoxy) is 1. The molecule has 3 N–H and O–H groups in total. The molecule has 6 nitrogen and oxygen atoms in total. The summed E-state index contributed by atoms with van der Waals surface area (Å²) in [7, 11) is 0. The summed E-state index contributed by atoms with van der Waals surface area (Å²) >= 11 is 0. The van der Waals surface area contributed by atoms with Crippen LogP contribution in [0.5, 0.6) is 0 Å². The predicted molar refractivity (Wildman–Crippen MR) is 269 cm³/mol. The van der Waals surface area contributed by atoms with Gasteiger partial charge in [-0.25, -0.2) is 0 Å². The molecule has 0 heterocycles. The van der Waals surface area contributed by atoms with Crippen LogP contribution < -0.4 is 5.32 Å². The maximum Gasteiger partial charge on any atom is 0.305 e. The number of unbranched alkanes of at least 4 members (excludes halogenated alkanes) is 41. The molecule has 0 radical (unpaired) electrons. The van der Waals surface area contributed by atoms with E-state index in [-0.39, 0.29) is 18.5 Å². The number of esters is 1. The lowest BCUT2D eigenvalue weighted by Gasteiger charge is -2.20. The molecule has 0 aliphatic heterocycles. The maximum atomic E-state index is 12.4. The summed E-state index contributed by atoms with van der Waals surface area (Å²) in [5, 5.41) is 23.1. The molecule has 368 valence electrons. The van der Waals surface area contributed by atoms with Gasteiger partial charge in [0.05, 0.1) is 25.4 Å². The summed E-state index contributed by atoms with van der Waals surface area (Å²) < 4.78 is 5.48. The molecule has 62 heavy (non-hydrogen) atoms. The van der Waals surface area contributed by atoms with Gasteiger partial charge in [-0.15, -0.1) is 0 Å². The average Bonchev–Trinajstić information content (AvgIpc) is 3.27. The van der Waals surface area contributed by atoms with E-state index < -0.39 is 12.1 Å². The number of nitrogens with one attached hydrogen (secondary N) is 1. The van der Waals surface area contributed by atoms with E-state index in [1.165, 1.54) is 238 Å². The smallest absolute Gasteiger partial charge is 0.305 e. The number of rotatable bonds is 52. The molecule has 6 heteroatoms. The molecule has 0 aliphatic carbocycles. The monoisotopic (exact) mass is 876 g/mol. The standard InChI is InChI=1S/C56H109NO5/c1-3-5-7-9-11-13-15-17-20-24-28-32-36-40-44-48-54(59)53(52-58)57-55(60)49-45-41-37-33-29-25-22-19-23-27-31-35-39-43-47-51-62-56(61)50-46-42-38-34-30-26-21-18-16-14-12-10-8-6-4-2/h44,48,53-54,58-59H,3-43,45-47,49-52H2,1-2H3,(H,57,60)/b48-44+. The van der Waals surface area contributed by atoms with Gasteiger partial charge in [0.15, 0.2) is 0 Å². The Balaban J connectivity index is 3.44. The Morgan fingerprint density at radius 3 is 1.10 bits per heavy atom. The molecule has 0 aromatic carbocycles. The highest BCUT2D eigenvalue weighted by molar-refractivity contribution is 5.76. The third-order valence-corrected chi connectivity index (χ3v) is 13.1. The second-order valence-corrected chi connectivity index (χ2v) is 19.3. The average molecular weight is 876 g/mol. The Kier molecular flexibility index (Phi) is 51.0. The number of amides is 1. The number of hydrogen-bond donors (Lipinski definition) is 3. The molecule has 2 atom stereocenters. The molecule has 0 saturated carbocycles. The summed E-state index contributed by atoms with van der Waals surface area (Å²) in [6, 6.07) is -0.633. The lowest BCUT2D eigenvalue weighted by molar-refractivity contribution is -0.143. The van der Waals surface area contributed by atoms with Crippen molar-refractivity contribution in [2.24, 2.45) is 0 Å². The highest BCUT2D eigenvalue weighted by Crippen LogP contribution is 2.17. The fourth-order valence-electron chi connectivity index (χ4n) is 8.75. The van der Waals surface area contributed by atoms with E-state index in [4.69, 9.17) is 4.74 Å². The lowest BCUT2D eigenvalue weighted by atomic mass is 10.0. The van der Waals surface area contributed by atoms with Gasteiger partial charge in [-0.3, -0.25) is 9.59 Å². The van der Waals surface area contributed by atoms with Crippen LogP contribution in [0.15, 0.2) is 12.2 Å². The van der Waals surface area contributed by atoms with Gasteiger partial charge in [0.2, 0.25) is 5.91 Å². The summed E-state index contributed by atoms with van der Waals surface area (Å²) in [5.41, 5.74) is 0. The zero-order valence-corrected chi connectivity index (χ0v) is 41.9. The first-order valence-corrected chi connectivity index (χ1v) is 28.0. The molecule has 0 bridgehead atoms. The summed E-state index contributed by atoms with van der Waals surface area (Å²) in [4.78, 5) is 24.5. The molecule has 1 amide bonds. The van der Waals surface area contributed by atoms with Crippen LogP contribution in [0.25, 0.3) is 0 Å². The first-order valence-electron chi connectivity index (χ1n) is 28.0. The van der Waals surface area contributed by atoms with Crippen LogP contribution in [-0.4, -0.2) is 47.4 Å². The zero-order valence-electron chi connectivity index (χ0n) is 41.9. The molecule has 0 spiro atoms. The van der Waals surface area contributed by atoms with Crippen LogP contribution in [0.2, 0.25) is 0 Å². The van der Waals surface area contributed by atoms with E-state index in [1.807, 2.05) is 6.08 Å². The van der Waals surface area contributed by atoms with E-state index in [1.54, 1.807) is 6.08 Å². The van der Waals surface area contributed by atoms with E-state index >= 15 is 0 Å². The van der Waals surface area contributed by atoms with E-state index in [9.17, 15) is 19.8 Å². The molecule has 0 aliphatic rings. The Hall–Kier alpha value is -1.40. The zero-order chi connectivity index (χ0) is 45.1. The van der Waals surface area contributed by atoms with Crippen LogP contribution in [0.1, 0.15) is 309 Å². The van der Waals surface area contributed by atoms with Gasteiger partial charge < -0.3 is 20.3 Å². The van der Waals surface area contributed by atoms with Crippen LogP contribution in [-0.2, 0) is 14.3 Å². The molecule has 0 aromatic heterocycles. The third-order valence-electron chi connectivity index (χ3n) is 13.1. The largest absolute Gasteiger partial charge is 0.466 e. The molecule has 0 aromatic rings. The van der Waals surface area contributed by atoms with Crippen molar-refractivity contribution in [3.8, 4) is 0 Å². The minimum atomic E-state index is -0.849. The minimum absolute atomic E-state index is 0.00282. The molecular weight excluding hydrogens is 767 g/mol. The summed E-state index contributed by atoms with van der Waals surface area (Å²) in [6.07, 6.45) is 60.8. The first-order chi connectivity index (χ1) is 30.5. The lowest BCUT2D eigenvalue weighted by Crippen LogP contribution is -2.45. The Labute approximate surface area is 387 Å². The fraction of sp³-hybridized carbons (Fsp3) is 0.929. The second-order valence-electron chi connectivity index (χ2n) is 19.3. The SMILES string of the molecule is CCCCCCCCCCCCCCC/C=C/C(O)C(CO)NC(=O)CCCCCCCCCCCCCCCCCOC(=O)CCCCCCCCCCCCCCCCC. The first kappa shape index (κ1) is 60.6. The van der Waals surface area contributed by atoms with Gasteiger partial charge in [0.25, 0.3) is 0 Å². The molecule has 0 fully saturated rings. The van der Waals surface area contributed by atoms with Crippen molar-refractivity contribution in [1.29, 1.82) is 0 Å². The number of carbonyl (C=O) groups excluding carboxylic acids is 2. The van der Waals surface area contributed by atoms with E-state index in [2.05, 4.69) is 19.2 Å². The Morgan fingerprint density at radius 1 is 0.435 bits per heavy atom.